The topological polar surface area (TPSA) is 41.3 Å². The lowest BCUT2D eigenvalue weighted by Crippen LogP contribution is -2.11. The molecule has 0 saturated heterocycles. The molecule has 0 heterocycles. The lowest BCUT2D eigenvalue weighted by atomic mass is 10.1. The minimum atomic E-state index is -4.39. The second-order valence-corrected chi connectivity index (χ2v) is 4.84. The number of para-hydroxylation sites is 2. The SMILES string of the molecule is CN(C)c1ccccc1Nc1ccc(C(F)(F)F)cc1N. The van der Waals surface area contributed by atoms with Gasteiger partial charge in [0.05, 0.1) is 28.3 Å². The summed E-state index contributed by atoms with van der Waals surface area (Å²) < 4.78 is 37.8. The Morgan fingerprint density at radius 1 is 1.00 bits per heavy atom. The van der Waals surface area contributed by atoms with Crippen molar-refractivity contribution in [2.24, 2.45) is 0 Å². The Bertz CT molecular complexity index is 636. The third-order valence-electron chi connectivity index (χ3n) is 3.03. The van der Waals surface area contributed by atoms with Crippen molar-refractivity contribution in [2.75, 3.05) is 30.0 Å². The summed E-state index contributed by atoms with van der Waals surface area (Å²) in [6, 6.07) is 10.8. The fourth-order valence-electron chi connectivity index (χ4n) is 1.97. The minimum Gasteiger partial charge on any atom is -0.397 e. The molecule has 2 rings (SSSR count). The molecule has 0 radical (unpaired) electrons. The molecule has 2 aromatic rings. The van der Waals surface area contributed by atoms with Crippen LogP contribution in [0.1, 0.15) is 5.56 Å². The number of anilines is 4. The molecule has 6 heteroatoms. The number of hydrogen-bond acceptors (Lipinski definition) is 3. The van der Waals surface area contributed by atoms with Crippen molar-refractivity contribution in [3.05, 3.63) is 48.0 Å². The molecule has 0 aromatic heterocycles. The van der Waals surface area contributed by atoms with Gasteiger partial charge in [-0.05, 0) is 30.3 Å². The molecule has 0 spiro atoms. The lowest BCUT2D eigenvalue weighted by molar-refractivity contribution is -0.137. The van der Waals surface area contributed by atoms with Crippen LogP contribution in [0, 0.1) is 0 Å². The average molecular weight is 295 g/mol. The van der Waals surface area contributed by atoms with Crippen molar-refractivity contribution in [1.29, 1.82) is 0 Å². The van der Waals surface area contributed by atoms with Crippen molar-refractivity contribution in [2.45, 2.75) is 6.18 Å². The first-order valence-electron chi connectivity index (χ1n) is 6.29. The number of alkyl halides is 3. The lowest BCUT2D eigenvalue weighted by Gasteiger charge is -2.19. The van der Waals surface area contributed by atoms with E-state index in [0.29, 0.717) is 5.69 Å². The van der Waals surface area contributed by atoms with Gasteiger partial charge in [0, 0.05) is 14.1 Å². The molecule has 0 amide bonds. The number of nitrogens with zero attached hydrogens (tertiary/aromatic N) is 1. The molecule has 3 nitrogen and oxygen atoms in total. The summed E-state index contributed by atoms with van der Waals surface area (Å²) >= 11 is 0. The van der Waals surface area contributed by atoms with Gasteiger partial charge in [0.25, 0.3) is 0 Å². The van der Waals surface area contributed by atoms with Gasteiger partial charge in [0.2, 0.25) is 0 Å². The molecular weight excluding hydrogens is 279 g/mol. The van der Waals surface area contributed by atoms with Crippen LogP contribution in [-0.4, -0.2) is 14.1 Å². The Kier molecular flexibility index (Phi) is 3.97. The van der Waals surface area contributed by atoms with Crippen LogP contribution in [-0.2, 0) is 6.18 Å². The van der Waals surface area contributed by atoms with Gasteiger partial charge in [-0.25, -0.2) is 0 Å². The summed E-state index contributed by atoms with van der Waals surface area (Å²) in [5.41, 5.74) is 7.14. The van der Waals surface area contributed by atoms with Crippen molar-refractivity contribution in [3.8, 4) is 0 Å². The maximum atomic E-state index is 12.6. The summed E-state index contributed by atoms with van der Waals surface area (Å²) in [6.45, 7) is 0. The second kappa shape index (κ2) is 5.55. The number of nitrogens with two attached hydrogens (primary N) is 1. The third kappa shape index (κ3) is 3.39. The summed E-state index contributed by atoms with van der Waals surface area (Å²) in [4.78, 5) is 1.91. The molecule has 112 valence electrons. The van der Waals surface area contributed by atoms with Crippen LogP contribution in [0.5, 0.6) is 0 Å². The highest BCUT2D eigenvalue weighted by Crippen LogP contribution is 2.35. The molecule has 0 atom stereocenters. The van der Waals surface area contributed by atoms with E-state index in [9.17, 15) is 13.2 Å². The number of benzene rings is 2. The van der Waals surface area contributed by atoms with Crippen LogP contribution in [0.3, 0.4) is 0 Å². The van der Waals surface area contributed by atoms with E-state index in [1.807, 2.05) is 43.3 Å². The van der Waals surface area contributed by atoms with Gasteiger partial charge < -0.3 is 16.0 Å². The predicted octanol–water partition coefficient (Wildman–Crippen LogP) is 4.10. The smallest absolute Gasteiger partial charge is 0.397 e. The van der Waals surface area contributed by atoms with E-state index < -0.39 is 11.7 Å². The molecule has 0 fully saturated rings. The van der Waals surface area contributed by atoms with E-state index in [1.165, 1.54) is 6.07 Å². The van der Waals surface area contributed by atoms with Crippen LogP contribution >= 0.6 is 0 Å². The summed E-state index contributed by atoms with van der Waals surface area (Å²) in [6.07, 6.45) is -4.39. The first-order valence-corrected chi connectivity index (χ1v) is 6.29. The van der Waals surface area contributed by atoms with Gasteiger partial charge >= 0.3 is 6.18 Å². The van der Waals surface area contributed by atoms with Crippen LogP contribution in [0.15, 0.2) is 42.5 Å². The van der Waals surface area contributed by atoms with E-state index in [4.69, 9.17) is 5.73 Å². The van der Waals surface area contributed by atoms with E-state index in [0.717, 1.165) is 23.5 Å². The van der Waals surface area contributed by atoms with Gasteiger partial charge in [0.1, 0.15) is 0 Å². The zero-order valence-corrected chi connectivity index (χ0v) is 11.7. The largest absolute Gasteiger partial charge is 0.416 e. The van der Waals surface area contributed by atoms with Gasteiger partial charge in [-0.3, -0.25) is 0 Å². The highest BCUT2D eigenvalue weighted by Gasteiger charge is 2.30. The Morgan fingerprint density at radius 3 is 2.24 bits per heavy atom. The van der Waals surface area contributed by atoms with Crippen LogP contribution in [0.2, 0.25) is 0 Å². The first-order chi connectivity index (χ1) is 9.79. The number of nitrogens with one attached hydrogen (secondary N) is 1. The highest BCUT2D eigenvalue weighted by molar-refractivity contribution is 5.80. The van der Waals surface area contributed by atoms with Crippen molar-refractivity contribution < 1.29 is 13.2 Å². The van der Waals surface area contributed by atoms with Gasteiger partial charge in [-0.2, -0.15) is 13.2 Å². The van der Waals surface area contributed by atoms with E-state index in [-0.39, 0.29) is 5.69 Å². The summed E-state index contributed by atoms with van der Waals surface area (Å²) in [5.74, 6) is 0. The number of nitrogen functional groups attached to an aromatic ring is 1. The Labute approximate surface area is 121 Å². The van der Waals surface area contributed by atoms with Crippen molar-refractivity contribution >= 4 is 22.7 Å². The molecule has 2 aromatic carbocycles. The van der Waals surface area contributed by atoms with Crippen molar-refractivity contribution in [3.63, 3.8) is 0 Å². The zero-order chi connectivity index (χ0) is 15.6. The van der Waals surface area contributed by atoms with E-state index in [2.05, 4.69) is 5.32 Å². The molecule has 21 heavy (non-hydrogen) atoms. The van der Waals surface area contributed by atoms with E-state index >= 15 is 0 Å². The summed E-state index contributed by atoms with van der Waals surface area (Å²) in [7, 11) is 3.77. The molecule has 0 aliphatic heterocycles. The fourth-order valence-corrected chi connectivity index (χ4v) is 1.97. The maximum Gasteiger partial charge on any atom is 0.416 e. The number of hydrogen-bond donors (Lipinski definition) is 2. The Balaban J connectivity index is 2.33. The first kappa shape index (κ1) is 15.0. The number of rotatable bonds is 3. The second-order valence-electron chi connectivity index (χ2n) is 4.84. The minimum absolute atomic E-state index is 0.0541. The quantitative estimate of drug-likeness (QED) is 0.838. The van der Waals surface area contributed by atoms with Gasteiger partial charge in [0.15, 0.2) is 0 Å². The van der Waals surface area contributed by atoms with Crippen molar-refractivity contribution in [1.82, 2.24) is 0 Å². The molecule has 0 aliphatic rings. The highest BCUT2D eigenvalue weighted by atomic mass is 19.4. The zero-order valence-electron chi connectivity index (χ0n) is 11.7. The van der Waals surface area contributed by atoms with Crippen LogP contribution in [0.4, 0.5) is 35.9 Å². The number of halogens is 3. The molecular formula is C15H16F3N3. The van der Waals surface area contributed by atoms with Gasteiger partial charge in [-0.1, -0.05) is 12.1 Å². The maximum absolute atomic E-state index is 12.6. The molecule has 0 unspecified atom stereocenters. The normalized spacial score (nSPS) is 11.3. The van der Waals surface area contributed by atoms with E-state index in [1.54, 1.807) is 0 Å². The fraction of sp³-hybridized carbons (Fsp3) is 0.200. The molecule has 3 N–H and O–H groups in total. The third-order valence-corrected chi connectivity index (χ3v) is 3.03. The molecule has 0 saturated carbocycles. The average Bonchev–Trinajstić information content (AvgIpc) is 2.40. The van der Waals surface area contributed by atoms with Gasteiger partial charge in [-0.15, -0.1) is 0 Å². The van der Waals surface area contributed by atoms with Crippen LogP contribution < -0.4 is 16.0 Å². The Hall–Kier alpha value is -2.37. The molecule has 0 aliphatic carbocycles. The Morgan fingerprint density at radius 2 is 1.67 bits per heavy atom. The van der Waals surface area contributed by atoms with Crippen LogP contribution in [0.25, 0.3) is 0 Å². The molecule has 0 bridgehead atoms. The monoisotopic (exact) mass is 295 g/mol. The summed E-state index contributed by atoms with van der Waals surface area (Å²) in [5, 5.41) is 3.07. The standard InChI is InChI=1S/C15H16F3N3/c1-21(2)14-6-4-3-5-13(14)20-12-8-7-10(9-11(12)19)15(16,17)18/h3-9,20H,19H2,1-2H3. The predicted molar refractivity (Wildman–Crippen MR) is 79.9 cm³/mol.